The maximum absolute atomic E-state index is 12.6. The summed E-state index contributed by atoms with van der Waals surface area (Å²) in [4.78, 5) is 28.3. The minimum atomic E-state index is -0.514. The molecule has 144 valence electrons. The molecule has 0 aliphatic carbocycles. The molecule has 28 heavy (non-hydrogen) atoms. The Balaban J connectivity index is 1.88. The second kappa shape index (κ2) is 8.59. The largest absolute Gasteiger partial charge is 0.495 e. The van der Waals surface area contributed by atoms with Gasteiger partial charge in [0.2, 0.25) is 0 Å². The lowest BCUT2D eigenvalue weighted by Crippen LogP contribution is -2.13. The van der Waals surface area contributed by atoms with Crippen molar-refractivity contribution in [1.29, 1.82) is 0 Å². The van der Waals surface area contributed by atoms with Crippen LogP contribution in [0.4, 0.5) is 11.4 Å². The number of anilines is 1. The van der Waals surface area contributed by atoms with E-state index in [1.54, 1.807) is 24.3 Å². The zero-order chi connectivity index (χ0) is 20.3. The lowest BCUT2D eigenvalue weighted by Gasteiger charge is -2.11. The number of amides is 1. The number of nitrogens with zero attached hydrogens (tertiary/aromatic N) is 2. The number of nitro groups is 1. The molecule has 1 heterocycles. The molecule has 0 saturated heterocycles. The van der Waals surface area contributed by atoms with Gasteiger partial charge in [0.05, 0.1) is 22.6 Å². The van der Waals surface area contributed by atoms with Crippen molar-refractivity contribution in [3.8, 4) is 5.75 Å². The van der Waals surface area contributed by atoms with Crippen molar-refractivity contribution in [3.05, 3.63) is 68.2 Å². The first-order valence-corrected chi connectivity index (χ1v) is 9.98. The Morgan fingerprint density at radius 2 is 2.11 bits per heavy atom. The maximum atomic E-state index is 12.6. The summed E-state index contributed by atoms with van der Waals surface area (Å²) in [7, 11) is 1.47. The van der Waals surface area contributed by atoms with Crippen LogP contribution in [0, 0.1) is 17.0 Å². The molecule has 7 nitrogen and oxygen atoms in total. The fourth-order valence-corrected chi connectivity index (χ4v) is 4.38. The Hall–Kier alpha value is -2.62. The smallest absolute Gasteiger partial charge is 0.284 e. The van der Waals surface area contributed by atoms with Crippen molar-refractivity contribution in [1.82, 2.24) is 4.98 Å². The van der Waals surface area contributed by atoms with Gasteiger partial charge in [-0.3, -0.25) is 14.9 Å². The van der Waals surface area contributed by atoms with E-state index in [0.717, 1.165) is 5.69 Å². The summed E-state index contributed by atoms with van der Waals surface area (Å²) in [5, 5.41) is 16.5. The van der Waals surface area contributed by atoms with Crippen LogP contribution in [0.25, 0.3) is 0 Å². The highest BCUT2D eigenvalue weighted by Crippen LogP contribution is 2.37. The van der Waals surface area contributed by atoms with Crippen LogP contribution in [0.15, 0.2) is 51.0 Å². The number of methoxy groups -OCH3 is 1. The van der Waals surface area contributed by atoms with Crippen molar-refractivity contribution < 1.29 is 14.5 Å². The van der Waals surface area contributed by atoms with Gasteiger partial charge in [0.1, 0.15) is 5.75 Å². The Bertz CT molecular complexity index is 1060. The van der Waals surface area contributed by atoms with Crippen LogP contribution in [-0.4, -0.2) is 22.9 Å². The minimum Gasteiger partial charge on any atom is -0.495 e. The first-order valence-electron chi connectivity index (χ1n) is 7.90. The number of nitro benzene ring substituents is 1. The minimum absolute atomic E-state index is 0.147. The monoisotopic (exact) mass is 435 g/mol. The molecule has 3 aromatic rings. The van der Waals surface area contributed by atoms with Gasteiger partial charge in [-0.15, -0.1) is 11.3 Å². The van der Waals surface area contributed by atoms with Gasteiger partial charge < -0.3 is 10.1 Å². The number of nitrogens with one attached hydrogen (secondary N) is 1. The van der Waals surface area contributed by atoms with Crippen LogP contribution >= 0.6 is 34.7 Å². The molecule has 0 radical (unpaired) electrons. The highest BCUT2D eigenvalue weighted by atomic mass is 35.5. The van der Waals surface area contributed by atoms with E-state index in [1.165, 1.54) is 42.3 Å². The highest BCUT2D eigenvalue weighted by Gasteiger charge is 2.20. The standard InChI is InChI=1S/C18H14ClN3O4S2/c1-10-9-27-18(20-10)28-16-6-3-11(7-14(16)22(24)25)17(23)21-13-8-12(19)4-5-15(13)26-2/h3-9H,1-2H3,(H,21,23). The summed E-state index contributed by atoms with van der Waals surface area (Å²) < 4.78 is 5.89. The molecule has 0 saturated carbocycles. The lowest BCUT2D eigenvalue weighted by molar-refractivity contribution is -0.387. The molecule has 0 bridgehead atoms. The molecular weight excluding hydrogens is 422 g/mol. The van der Waals surface area contributed by atoms with Crippen molar-refractivity contribution in [2.24, 2.45) is 0 Å². The molecule has 2 aromatic carbocycles. The van der Waals surface area contributed by atoms with E-state index in [2.05, 4.69) is 10.3 Å². The lowest BCUT2D eigenvalue weighted by atomic mass is 10.2. The van der Waals surface area contributed by atoms with Crippen LogP contribution in [-0.2, 0) is 0 Å². The van der Waals surface area contributed by atoms with Gasteiger partial charge in [-0.05, 0) is 37.3 Å². The van der Waals surface area contributed by atoms with Gasteiger partial charge in [0, 0.05) is 27.7 Å². The van der Waals surface area contributed by atoms with E-state index in [0.29, 0.717) is 25.7 Å². The number of hydrogen-bond donors (Lipinski definition) is 1. The van der Waals surface area contributed by atoms with Gasteiger partial charge in [-0.1, -0.05) is 23.4 Å². The maximum Gasteiger partial charge on any atom is 0.284 e. The van der Waals surface area contributed by atoms with Gasteiger partial charge in [0.25, 0.3) is 11.6 Å². The van der Waals surface area contributed by atoms with Crippen LogP contribution in [0.5, 0.6) is 5.75 Å². The molecule has 0 fully saturated rings. The summed E-state index contributed by atoms with van der Waals surface area (Å²) in [6.07, 6.45) is 0. The number of halogens is 1. The molecule has 3 rings (SSSR count). The average molecular weight is 436 g/mol. The van der Waals surface area contributed by atoms with E-state index in [9.17, 15) is 14.9 Å². The van der Waals surface area contributed by atoms with E-state index in [1.807, 2.05) is 12.3 Å². The highest BCUT2D eigenvalue weighted by molar-refractivity contribution is 8.01. The Morgan fingerprint density at radius 3 is 2.75 bits per heavy atom. The molecule has 1 N–H and O–H groups in total. The van der Waals surface area contributed by atoms with Crippen LogP contribution < -0.4 is 10.1 Å². The molecule has 1 aromatic heterocycles. The normalized spacial score (nSPS) is 10.5. The third-order valence-electron chi connectivity index (χ3n) is 3.62. The molecule has 10 heteroatoms. The molecule has 0 aliphatic rings. The summed E-state index contributed by atoms with van der Waals surface area (Å²) in [5.41, 5.74) is 1.21. The number of rotatable bonds is 6. The number of hydrogen-bond acceptors (Lipinski definition) is 7. The zero-order valence-electron chi connectivity index (χ0n) is 14.8. The molecule has 0 unspecified atom stereocenters. The number of aryl methyl sites for hydroxylation is 1. The number of aromatic nitrogens is 1. The summed E-state index contributed by atoms with van der Waals surface area (Å²) in [6, 6.07) is 9.12. The molecule has 1 amide bonds. The molecule has 0 spiro atoms. The van der Waals surface area contributed by atoms with E-state index >= 15 is 0 Å². The number of carbonyl (C=O) groups is 1. The quantitative estimate of drug-likeness (QED) is 0.410. The second-order valence-electron chi connectivity index (χ2n) is 5.60. The van der Waals surface area contributed by atoms with Crippen LogP contribution in [0.1, 0.15) is 16.1 Å². The van der Waals surface area contributed by atoms with Crippen LogP contribution in [0.2, 0.25) is 5.02 Å². The van der Waals surface area contributed by atoms with Gasteiger partial charge >= 0.3 is 0 Å². The number of benzene rings is 2. The van der Waals surface area contributed by atoms with Gasteiger partial charge in [-0.2, -0.15) is 0 Å². The third-order valence-corrected chi connectivity index (χ3v) is 5.98. The molecule has 0 atom stereocenters. The van der Waals surface area contributed by atoms with Crippen molar-refractivity contribution >= 4 is 52.0 Å². The topological polar surface area (TPSA) is 94.4 Å². The predicted octanol–water partition coefficient (Wildman–Crippen LogP) is 5.43. The average Bonchev–Trinajstić information content (AvgIpc) is 3.06. The van der Waals surface area contributed by atoms with E-state index in [-0.39, 0.29) is 11.3 Å². The number of ether oxygens (including phenoxy) is 1. The predicted molar refractivity (Wildman–Crippen MR) is 110 cm³/mol. The summed E-state index contributed by atoms with van der Waals surface area (Å²) in [6.45, 7) is 1.85. The third kappa shape index (κ3) is 4.61. The summed E-state index contributed by atoms with van der Waals surface area (Å²) >= 11 is 8.56. The van der Waals surface area contributed by atoms with Gasteiger partial charge in [0.15, 0.2) is 4.34 Å². The summed E-state index contributed by atoms with van der Waals surface area (Å²) in [5.74, 6) is -0.0797. The van der Waals surface area contributed by atoms with E-state index in [4.69, 9.17) is 16.3 Å². The Kier molecular flexibility index (Phi) is 6.18. The first-order chi connectivity index (χ1) is 13.4. The van der Waals surface area contributed by atoms with Crippen molar-refractivity contribution in [2.45, 2.75) is 16.2 Å². The van der Waals surface area contributed by atoms with Crippen molar-refractivity contribution in [2.75, 3.05) is 12.4 Å². The number of carbonyl (C=O) groups excluding carboxylic acids is 1. The van der Waals surface area contributed by atoms with Crippen LogP contribution in [0.3, 0.4) is 0 Å². The molecular formula is C18H14ClN3O4S2. The Morgan fingerprint density at radius 1 is 1.32 bits per heavy atom. The molecule has 0 aliphatic heterocycles. The van der Waals surface area contributed by atoms with Gasteiger partial charge in [-0.25, -0.2) is 4.98 Å². The Labute approximate surface area is 173 Å². The fourth-order valence-electron chi connectivity index (χ4n) is 2.33. The van der Waals surface area contributed by atoms with Crippen molar-refractivity contribution in [3.63, 3.8) is 0 Å². The first kappa shape index (κ1) is 20.1. The SMILES string of the molecule is COc1ccc(Cl)cc1NC(=O)c1ccc(Sc2nc(C)cs2)c([N+](=O)[O-])c1. The second-order valence-corrected chi connectivity index (χ2v) is 8.18. The zero-order valence-corrected chi connectivity index (χ0v) is 17.2. The fraction of sp³-hybridized carbons (Fsp3) is 0.111. The number of thiazole rings is 1. The van der Waals surface area contributed by atoms with E-state index < -0.39 is 10.8 Å².